The van der Waals surface area contributed by atoms with E-state index >= 15 is 0 Å². The highest BCUT2D eigenvalue weighted by Crippen LogP contribution is 2.25. The lowest BCUT2D eigenvalue weighted by atomic mass is 10.2. The lowest BCUT2D eigenvalue weighted by molar-refractivity contribution is 0.466. The minimum absolute atomic E-state index is 0.00861. The summed E-state index contributed by atoms with van der Waals surface area (Å²) in [5.74, 6) is -0.555. The van der Waals surface area contributed by atoms with E-state index in [1.54, 1.807) is 6.92 Å². The molecule has 2 rings (SSSR count). The first-order chi connectivity index (χ1) is 9.30. The molecule has 0 saturated carbocycles. The molecule has 1 heterocycles. The Kier molecular flexibility index (Phi) is 4.63. The zero-order valence-electron chi connectivity index (χ0n) is 10.9. The maximum atomic E-state index is 13.3. The fourth-order valence-corrected chi connectivity index (χ4v) is 4.38. The maximum Gasteiger partial charge on any atom is 0.243 e. The van der Waals surface area contributed by atoms with Gasteiger partial charge in [-0.2, -0.15) is 4.31 Å². The van der Waals surface area contributed by atoms with Crippen molar-refractivity contribution in [2.45, 2.75) is 18.4 Å². The molecular weight excluding hydrogens is 365 g/mol. The summed E-state index contributed by atoms with van der Waals surface area (Å²) in [5.41, 5.74) is 1.42. The van der Waals surface area contributed by atoms with Crippen LogP contribution in [0, 0.1) is 12.7 Å². The second-order valence-corrected chi connectivity index (χ2v) is 8.73. The van der Waals surface area contributed by atoms with Crippen LogP contribution < -0.4 is 0 Å². The molecule has 108 valence electrons. The summed E-state index contributed by atoms with van der Waals surface area (Å²) in [6.45, 7) is 1.90. The number of hydrogen-bond acceptors (Lipinski definition) is 3. The van der Waals surface area contributed by atoms with Gasteiger partial charge in [0.05, 0.1) is 8.68 Å². The number of rotatable bonds is 4. The number of halogens is 2. The molecule has 0 N–H and O–H groups in total. The van der Waals surface area contributed by atoms with Crippen LogP contribution in [0.5, 0.6) is 0 Å². The fraction of sp³-hybridized carbons (Fsp3) is 0.231. The van der Waals surface area contributed by atoms with Crippen molar-refractivity contribution in [2.75, 3.05) is 7.05 Å². The van der Waals surface area contributed by atoms with Gasteiger partial charge in [-0.1, -0.05) is 6.07 Å². The van der Waals surface area contributed by atoms with Crippen LogP contribution >= 0.6 is 27.3 Å². The van der Waals surface area contributed by atoms with Crippen LogP contribution in [0.1, 0.15) is 11.1 Å². The molecule has 1 aromatic heterocycles. The first kappa shape index (κ1) is 15.6. The minimum atomic E-state index is -3.70. The molecule has 0 spiro atoms. The Bertz CT molecular complexity index is 728. The van der Waals surface area contributed by atoms with Crippen LogP contribution in [0.4, 0.5) is 4.39 Å². The van der Waals surface area contributed by atoms with Gasteiger partial charge in [0.1, 0.15) is 5.82 Å². The highest BCUT2D eigenvalue weighted by atomic mass is 79.9. The zero-order chi connectivity index (χ0) is 14.9. The molecule has 0 saturated heterocycles. The van der Waals surface area contributed by atoms with E-state index in [1.807, 2.05) is 11.4 Å². The van der Waals surface area contributed by atoms with Gasteiger partial charge in [-0.25, -0.2) is 12.8 Å². The second kappa shape index (κ2) is 5.93. The van der Waals surface area contributed by atoms with Crippen molar-refractivity contribution < 1.29 is 12.8 Å². The molecule has 0 amide bonds. The predicted octanol–water partition coefficient (Wildman–Crippen LogP) is 3.78. The van der Waals surface area contributed by atoms with Crippen molar-refractivity contribution in [1.82, 2.24) is 4.31 Å². The first-order valence-electron chi connectivity index (χ1n) is 5.76. The highest BCUT2D eigenvalue weighted by Gasteiger charge is 2.23. The maximum absolute atomic E-state index is 13.3. The van der Waals surface area contributed by atoms with Crippen LogP contribution in [0.2, 0.25) is 0 Å². The van der Waals surface area contributed by atoms with E-state index in [0.717, 1.165) is 15.4 Å². The molecule has 0 aliphatic heterocycles. The molecule has 2 aromatic rings. The van der Waals surface area contributed by atoms with Crippen LogP contribution in [-0.2, 0) is 16.6 Å². The Morgan fingerprint density at radius 3 is 2.65 bits per heavy atom. The Balaban J connectivity index is 2.32. The lowest BCUT2D eigenvalue weighted by Crippen LogP contribution is -2.27. The summed E-state index contributed by atoms with van der Waals surface area (Å²) in [6.07, 6.45) is 0. The van der Waals surface area contributed by atoms with Gasteiger partial charge >= 0.3 is 0 Å². The van der Waals surface area contributed by atoms with Crippen molar-refractivity contribution in [1.29, 1.82) is 0 Å². The molecule has 0 aliphatic rings. The fourth-order valence-electron chi connectivity index (χ4n) is 1.79. The summed E-state index contributed by atoms with van der Waals surface area (Å²) in [6, 6.07) is 5.65. The standard InChI is InChI=1S/C13H13BrFNO2S2/c1-9-3-4-11(15)6-12(9)20(17,18)16(2)7-10-5-13(14)19-8-10/h3-6,8H,7H2,1-2H3. The topological polar surface area (TPSA) is 37.4 Å². The molecule has 1 aromatic carbocycles. The quantitative estimate of drug-likeness (QED) is 0.812. The Labute approximate surface area is 130 Å². The number of aryl methyl sites for hydroxylation is 1. The zero-order valence-corrected chi connectivity index (χ0v) is 14.1. The van der Waals surface area contributed by atoms with Crippen molar-refractivity contribution in [3.8, 4) is 0 Å². The number of sulfonamides is 1. The third-order valence-corrected chi connectivity index (χ3v) is 6.36. The number of benzene rings is 1. The molecule has 0 fully saturated rings. The average molecular weight is 378 g/mol. The van der Waals surface area contributed by atoms with Gasteiger partial charge in [0.25, 0.3) is 0 Å². The van der Waals surface area contributed by atoms with Crippen molar-refractivity contribution in [2.24, 2.45) is 0 Å². The van der Waals surface area contributed by atoms with E-state index in [4.69, 9.17) is 0 Å². The van der Waals surface area contributed by atoms with Crippen LogP contribution in [0.15, 0.2) is 38.3 Å². The van der Waals surface area contributed by atoms with Crippen molar-refractivity contribution in [3.63, 3.8) is 0 Å². The van der Waals surface area contributed by atoms with E-state index in [2.05, 4.69) is 15.9 Å². The normalized spacial score (nSPS) is 12.1. The van der Waals surface area contributed by atoms with Gasteiger partial charge in [0.15, 0.2) is 0 Å². The first-order valence-corrected chi connectivity index (χ1v) is 8.87. The molecule has 0 aliphatic carbocycles. The monoisotopic (exact) mass is 377 g/mol. The summed E-state index contributed by atoms with van der Waals surface area (Å²) in [7, 11) is -2.21. The third kappa shape index (κ3) is 3.28. The molecule has 3 nitrogen and oxygen atoms in total. The van der Waals surface area contributed by atoms with E-state index < -0.39 is 15.8 Å². The number of hydrogen-bond donors (Lipinski definition) is 0. The van der Waals surface area contributed by atoms with E-state index in [-0.39, 0.29) is 11.4 Å². The van der Waals surface area contributed by atoms with Gasteiger partial charge < -0.3 is 0 Å². The predicted molar refractivity (Wildman–Crippen MR) is 81.8 cm³/mol. The average Bonchev–Trinajstić information content (AvgIpc) is 2.77. The van der Waals surface area contributed by atoms with Gasteiger partial charge in [0.2, 0.25) is 10.0 Å². The van der Waals surface area contributed by atoms with Gasteiger partial charge in [0, 0.05) is 13.6 Å². The summed E-state index contributed by atoms with van der Waals surface area (Å²) in [4.78, 5) is 0.00861. The smallest absolute Gasteiger partial charge is 0.207 e. The molecule has 0 radical (unpaired) electrons. The molecule has 0 bridgehead atoms. The largest absolute Gasteiger partial charge is 0.243 e. The molecule has 7 heteroatoms. The van der Waals surface area contributed by atoms with Gasteiger partial charge in [-0.3, -0.25) is 0 Å². The van der Waals surface area contributed by atoms with Gasteiger partial charge in [-0.15, -0.1) is 11.3 Å². The summed E-state index contributed by atoms with van der Waals surface area (Å²) < 4.78 is 40.4. The third-order valence-electron chi connectivity index (χ3n) is 2.87. The molecular formula is C13H13BrFNO2S2. The summed E-state index contributed by atoms with van der Waals surface area (Å²) in [5, 5.41) is 1.88. The van der Waals surface area contributed by atoms with E-state index in [0.29, 0.717) is 5.56 Å². The van der Waals surface area contributed by atoms with Crippen LogP contribution in [-0.4, -0.2) is 19.8 Å². The molecule has 0 atom stereocenters. The van der Waals surface area contributed by atoms with Crippen LogP contribution in [0.25, 0.3) is 0 Å². The molecule has 20 heavy (non-hydrogen) atoms. The number of thiophene rings is 1. The molecule has 0 unspecified atom stereocenters. The van der Waals surface area contributed by atoms with Crippen molar-refractivity contribution >= 4 is 37.3 Å². The SMILES string of the molecule is Cc1ccc(F)cc1S(=O)(=O)N(C)Cc1csc(Br)c1. The summed E-state index contributed by atoms with van der Waals surface area (Å²) >= 11 is 4.83. The second-order valence-electron chi connectivity index (χ2n) is 4.43. The van der Waals surface area contributed by atoms with Crippen LogP contribution in [0.3, 0.4) is 0 Å². The Morgan fingerprint density at radius 2 is 2.05 bits per heavy atom. The van der Waals surface area contributed by atoms with Crippen molar-refractivity contribution in [3.05, 3.63) is 50.4 Å². The Morgan fingerprint density at radius 1 is 1.35 bits per heavy atom. The highest BCUT2D eigenvalue weighted by molar-refractivity contribution is 9.11. The lowest BCUT2D eigenvalue weighted by Gasteiger charge is -2.18. The minimum Gasteiger partial charge on any atom is -0.207 e. The Hall–Kier alpha value is -0.760. The number of nitrogens with zero attached hydrogens (tertiary/aromatic N) is 1. The van der Waals surface area contributed by atoms with Gasteiger partial charge in [-0.05, 0) is 57.6 Å². The van der Waals surface area contributed by atoms with E-state index in [1.165, 1.54) is 34.8 Å². The van der Waals surface area contributed by atoms with E-state index in [9.17, 15) is 12.8 Å².